The summed E-state index contributed by atoms with van der Waals surface area (Å²) >= 11 is 1.52. The number of hydrogen-bond donors (Lipinski definition) is 0. The molecule has 0 bridgehead atoms. The molecule has 0 spiro atoms. The third-order valence-corrected chi connectivity index (χ3v) is 6.03. The van der Waals surface area contributed by atoms with E-state index in [1.54, 1.807) is 39.3 Å². The molecule has 1 saturated heterocycles. The minimum absolute atomic E-state index is 0.00546. The predicted octanol–water partition coefficient (Wildman–Crippen LogP) is 2.22. The van der Waals surface area contributed by atoms with Gasteiger partial charge in [-0.15, -0.1) is 11.3 Å². The van der Waals surface area contributed by atoms with E-state index in [1.807, 2.05) is 29.6 Å². The number of thiazole rings is 1. The van der Waals surface area contributed by atoms with E-state index in [2.05, 4.69) is 14.8 Å². The van der Waals surface area contributed by atoms with Crippen LogP contribution in [0.2, 0.25) is 0 Å². The summed E-state index contributed by atoms with van der Waals surface area (Å²) < 4.78 is 13.6. The number of carbonyl (C=O) groups excluding carboxylic acids is 1. The summed E-state index contributed by atoms with van der Waals surface area (Å²) in [6.45, 7) is 0.570. The topological polar surface area (TPSA) is 86.8 Å². The first-order valence-electron chi connectivity index (χ1n) is 10.1. The average Bonchev–Trinajstić information content (AvgIpc) is 3.49. The number of aryl methyl sites for hydroxylation is 1. The lowest BCUT2D eigenvalue weighted by atomic mass is 10.2. The number of carbonyl (C=O) groups is 1. The van der Waals surface area contributed by atoms with E-state index in [-0.39, 0.29) is 12.0 Å². The molecule has 10 heteroatoms. The Morgan fingerprint density at radius 2 is 2.16 bits per heavy atom. The Kier molecular flexibility index (Phi) is 6.19. The highest BCUT2D eigenvalue weighted by atomic mass is 32.1. The third-order valence-electron chi connectivity index (χ3n) is 5.17. The molecule has 3 aromatic rings. The van der Waals surface area contributed by atoms with Crippen molar-refractivity contribution in [1.82, 2.24) is 24.5 Å². The number of hydrogen-bond acceptors (Lipinski definition) is 7. The molecule has 9 nitrogen and oxygen atoms in total. The minimum Gasteiger partial charge on any atom is -0.494 e. The van der Waals surface area contributed by atoms with Crippen molar-refractivity contribution in [3.05, 3.63) is 40.6 Å². The van der Waals surface area contributed by atoms with E-state index in [0.29, 0.717) is 18.7 Å². The number of amides is 1. The summed E-state index contributed by atoms with van der Waals surface area (Å²) in [5.41, 5.74) is 2.43. The normalized spacial score (nSPS) is 19.0. The number of likely N-dealkylation sites (N-methyl/N-ethyl adjacent to an activating group) is 1. The van der Waals surface area contributed by atoms with Gasteiger partial charge in [0, 0.05) is 26.5 Å². The van der Waals surface area contributed by atoms with Gasteiger partial charge < -0.3 is 18.9 Å². The van der Waals surface area contributed by atoms with Crippen molar-refractivity contribution < 1.29 is 14.3 Å². The van der Waals surface area contributed by atoms with E-state index >= 15 is 0 Å². The molecule has 0 saturated carbocycles. The summed E-state index contributed by atoms with van der Waals surface area (Å²) in [4.78, 5) is 21.1. The van der Waals surface area contributed by atoms with E-state index in [9.17, 15) is 4.79 Å². The van der Waals surface area contributed by atoms with Crippen molar-refractivity contribution in [2.45, 2.75) is 31.6 Å². The van der Waals surface area contributed by atoms with E-state index in [0.717, 1.165) is 28.3 Å². The lowest BCUT2D eigenvalue weighted by molar-refractivity contribution is -0.140. The second-order valence-electron chi connectivity index (χ2n) is 7.57. The van der Waals surface area contributed by atoms with Crippen molar-refractivity contribution in [2.75, 3.05) is 21.2 Å². The van der Waals surface area contributed by atoms with Gasteiger partial charge in [0.15, 0.2) is 4.80 Å². The van der Waals surface area contributed by atoms with Crippen molar-refractivity contribution in [1.29, 1.82) is 0 Å². The number of para-hydroxylation sites is 2. The van der Waals surface area contributed by atoms with Crippen LogP contribution in [0.15, 0.2) is 40.8 Å². The van der Waals surface area contributed by atoms with E-state index in [1.165, 1.54) is 16.1 Å². The second-order valence-corrected chi connectivity index (χ2v) is 8.41. The monoisotopic (exact) mass is 442 g/mol. The van der Waals surface area contributed by atoms with Crippen LogP contribution in [0.5, 0.6) is 5.75 Å². The maximum Gasteiger partial charge on any atom is 0.251 e. The highest BCUT2D eigenvalue weighted by Crippen LogP contribution is 2.28. The fourth-order valence-corrected chi connectivity index (χ4v) is 4.52. The Balaban J connectivity index is 1.70. The molecular weight excluding hydrogens is 416 g/mol. The number of nitrogens with zero attached hydrogens (tertiary/aromatic N) is 6. The SMILES string of the molecule is COc1ccccc1N=c1scc(-c2cnn(C)n2)n1CC1CCC(C(=O)N(C)C)O1. The van der Waals surface area contributed by atoms with Gasteiger partial charge in [0.25, 0.3) is 5.91 Å². The molecule has 2 aromatic heterocycles. The Morgan fingerprint density at radius 3 is 2.87 bits per heavy atom. The third kappa shape index (κ3) is 4.54. The van der Waals surface area contributed by atoms with Crippen LogP contribution in [0, 0.1) is 0 Å². The largest absolute Gasteiger partial charge is 0.494 e. The van der Waals surface area contributed by atoms with Gasteiger partial charge in [0.1, 0.15) is 23.2 Å². The molecule has 1 aliphatic rings. The van der Waals surface area contributed by atoms with E-state index < -0.39 is 6.10 Å². The molecule has 31 heavy (non-hydrogen) atoms. The standard InChI is InChI=1S/C21H26N6O3S/c1-25(2)20(28)19-10-9-14(30-19)12-27-17(16-11-22-26(3)24-16)13-31-21(27)23-15-7-5-6-8-18(15)29-4/h5-8,11,13-14,19H,9-10,12H2,1-4H3. The fraction of sp³-hybridized carbons (Fsp3) is 0.429. The zero-order valence-electron chi connectivity index (χ0n) is 18.1. The molecule has 3 heterocycles. The molecule has 164 valence electrons. The maximum atomic E-state index is 12.3. The first-order chi connectivity index (χ1) is 15.0. The molecule has 1 aliphatic heterocycles. The van der Waals surface area contributed by atoms with Crippen molar-refractivity contribution in [3.63, 3.8) is 0 Å². The zero-order valence-corrected chi connectivity index (χ0v) is 18.9. The first-order valence-corrected chi connectivity index (χ1v) is 10.9. The first kappa shape index (κ1) is 21.3. The summed E-state index contributed by atoms with van der Waals surface area (Å²) in [7, 11) is 6.93. The summed E-state index contributed by atoms with van der Waals surface area (Å²) in [5.74, 6) is 0.711. The lowest BCUT2D eigenvalue weighted by Crippen LogP contribution is -2.34. The molecule has 2 unspecified atom stereocenters. The van der Waals surface area contributed by atoms with Crippen LogP contribution in [0.3, 0.4) is 0 Å². The lowest BCUT2D eigenvalue weighted by Gasteiger charge is -2.18. The fourth-order valence-electron chi connectivity index (χ4n) is 3.60. The van der Waals surface area contributed by atoms with Crippen LogP contribution in [0.1, 0.15) is 12.8 Å². The molecular formula is C21H26N6O3S. The smallest absolute Gasteiger partial charge is 0.251 e. The Morgan fingerprint density at radius 1 is 1.35 bits per heavy atom. The van der Waals surface area contributed by atoms with Gasteiger partial charge in [-0.25, -0.2) is 4.99 Å². The number of rotatable bonds is 6. The molecule has 1 fully saturated rings. The highest BCUT2D eigenvalue weighted by molar-refractivity contribution is 7.07. The second kappa shape index (κ2) is 9.03. The van der Waals surface area contributed by atoms with Crippen LogP contribution in [0.25, 0.3) is 11.4 Å². The van der Waals surface area contributed by atoms with Crippen LogP contribution in [-0.2, 0) is 23.1 Å². The van der Waals surface area contributed by atoms with Crippen molar-refractivity contribution in [3.8, 4) is 17.1 Å². The van der Waals surface area contributed by atoms with Gasteiger partial charge in [-0.05, 0) is 25.0 Å². The maximum absolute atomic E-state index is 12.3. The molecule has 0 radical (unpaired) electrons. The molecule has 1 aromatic carbocycles. The quantitative estimate of drug-likeness (QED) is 0.584. The Hall–Kier alpha value is -2.98. The summed E-state index contributed by atoms with van der Waals surface area (Å²) in [6, 6.07) is 7.65. The minimum atomic E-state index is -0.395. The van der Waals surface area contributed by atoms with E-state index in [4.69, 9.17) is 14.5 Å². The molecule has 2 atom stereocenters. The molecule has 0 N–H and O–H groups in total. The van der Waals surface area contributed by atoms with Gasteiger partial charge in [-0.3, -0.25) is 4.79 Å². The number of benzene rings is 1. The van der Waals surface area contributed by atoms with Crippen LogP contribution >= 0.6 is 11.3 Å². The van der Waals surface area contributed by atoms with Crippen molar-refractivity contribution in [2.24, 2.45) is 12.0 Å². The summed E-state index contributed by atoms with van der Waals surface area (Å²) in [6.07, 6.45) is 2.77. The van der Waals surface area contributed by atoms with Crippen LogP contribution in [-0.4, -0.2) is 63.8 Å². The van der Waals surface area contributed by atoms with Gasteiger partial charge in [0.05, 0.1) is 31.6 Å². The van der Waals surface area contributed by atoms with Gasteiger partial charge in [0.2, 0.25) is 0 Å². The van der Waals surface area contributed by atoms with Gasteiger partial charge in [-0.1, -0.05) is 12.1 Å². The molecule has 4 rings (SSSR count). The average molecular weight is 443 g/mol. The summed E-state index contributed by atoms with van der Waals surface area (Å²) in [5, 5.41) is 10.7. The van der Waals surface area contributed by atoms with Crippen LogP contribution < -0.4 is 9.54 Å². The number of methoxy groups -OCH3 is 1. The van der Waals surface area contributed by atoms with Crippen LogP contribution in [0.4, 0.5) is 5.69 Å². The Labute approximate surface area is 184 Å². The predicted molar refractivity (Wildman–Crippen MR) is 117 cm³/mol. The number of ether oxygens (including phenoxy) is 2. The highest BCUT2D eigenvalue weighted by Gasteiger charge is 2.32. The Bertz CT molecular complexity index is 1130. The molecule has 1 amide bonds. The molecule has 0 aliphatic carbocycles. The van der Waals surface area contributed by atoms with Gasteiger partial charge >= 0.3 is 0 Å². The van der Waals surface area contributed by atoms with Crippen molar-refractivity contribution >= 4 is 22.9 Å². The number of aromatic nitrogens is 4. The zero-order chi connectivity index (χ0) is 22.0. The van der Waals surface area contributed by atoms with Gasteiger partial charge in [-0.2, -0.15) is 15.0 Å².